The standard InChI is InChI=1S/C15H28O2/c1-11-5-4-6-12(9-11)17-14-10-15(2,3)8-7-13(14)16/h11-14,16H,4-10H2,1-3H3. The van der Waals surface area contributed by atoms with E-state index in [1.54, 1.807) is 0 Å². The van der Waals surface area contributed by atoms with Crippen molar-refractivity contribution in [2.75, 3.05) is 0 Å². The van der Waals surface area contributed by atoms with Gasteiger partial charge in [0.15, 0.2) is 0 Å². The van der Waals surface area contributed by atoms with E-state index in [0.717, 1.165) is 25.2 Å². The van der Waals surface area contributed by atoms with E-state index in [1.165, 1.54) is 25.7 Å². The van der Waals surface area contributed by atoms with Crippen molar-refractivity contribution in [1.82, 2.24) is 0 Å². The Labute approximate surface area is 106 Å². The minimum absolute atomic E-state index is 0.0778. The molecule has 4 unspecified atom stereocenters. The molecule has 4 atom stereocenters. The Kier molecular flexibility index (Phi) is 4.14. The van der Waals surface area contributed by atoms with E-state index in [1.807, 2.05) is 0 Å². The van der Waals surface area contributed by atoms with E-state index in [-0.39, 0.29) is 12.2 Å². The van der Waals surface area contributed by atoms with Crippen molar-refractivity contribution >= 4 is 0 Å². The summed E-state index contributed by atoms with van der Waals surface area (Å²) >= 11 is 0. The predicted molar refractivity (Wildman–Crippen MR) is 69.9 cm³/mol. The zero-order valence-corrected chi connectivity index (χ0v) is 11.6. The molecule has 0 spiro atoms. The van der Waals surface area contributed by atoms with Gasteiger partial charge in [-0.1, -0.05) is 33.6 Å². The molecule has 2 saturated carbocycles. The van der Waals surface area contributed by atoms with Gasteiger partial charge in [-0.15, -0.1) is 0 Å². The molecule has 2 rings (SSSR count). The molecule has 0 aromatic carbocycles. The number of hydrogen-bond acceptors (Lipinski definition) is 2. The second-order valence-electron chi connectivity index (χ2n) is 7.04. The maximum atomic E-state index is 10.1. The third-order valence-electron chi connectivity index (χ3n) is 4.56. The molecule has 0 radical (unpaired) electrons. The van der Waals surface area contributed by atoms with Crippen molar-refractivity contribution in [3.05, 3.63) is 0 Å². The monoisotopic (exact) mass is 240 g/mol. The summed E-state index contributed by atoms with van der Waals surface area (Å²) < 4.78 is 6.20. The van der Waals surface area contributed by atoms with Crippen LogP contribution in [0, 0.1) is 11.3 Å². The first kappa shape index (κ1) is 13.4. The van der Waals surface area contributed by atoms with Crippen LogP contribution in [-0.2, 0) is 4.74 Å². The van der Waals surface area contributed by atoms with E-state index in [0.29, 0.717) is 11.5 Å². The van der Waals surface area contributed by atoms with Gasteiger partial charge in [0.2, 0.25) is 0 Å². The number of hydrogen-bond donors (Lipinski definition) is 1. The van der Waals surface area contributed by atoms with Crippen LogP contribution in [0.5, 0.6) is 0 Å². The molecule has 0 amide bonds. The Bertz CT molecular complexity index is 249. The van der Waals surface area contributed by atoms with Crippen molar-refractivity contribution in [1.29, 1.82) is 0 Å². The summed E-state index contributed by atoms with van der Waals surface area (Å²) in [5, 5.41) is 10.1. The Balaban J connectivity index is 1.88. The van der Waals surface area contributed by atoms with Crippen LogP contribution < -0.4 is 0 Å². The van der Waals surface area contributed by atoms with Gasteiger partial charge in [0.1, 0.15) is 0 Å². The molecule has 2 nitrogen and oxygen atoms in total. The normalized spacial score (nSPS) is 42.4. The zero-order valence-electron chi connectivity index (χ0n) is 11.6. The highest BCUT2D eigenvalue weighted by atomic mass is 16.5. The van der Waals surface area contributed by atoms with Crippen molar-refractivity contribution < 1.29 is 9.84 Å². The molecule has 2 fully saturated rings. The summed E-state index contributed by atoms with van der Waals surface area (Å²) in [6.07, 6.45) is 8.28. The minimum Gasteiger partial charge on any atom is -0.390 e. The Hall–Kier alpha value is -0.0800. The summed E-state index contributed by atoms with van der Waals surface area (Å²) in [6, 6.07) is 0. The molecule has 0 aliphatic heterocycles. The SMILES string of the molecule is CC1CCCC(OC2CC(C)(C)CCC2O)C1. The fourth-order valence-corrected chi connectivity index (χ4v) is 3.40. The highest BCUT2D eigenvalue weighted by molar-refractivity contribution is 4.87. The van der Waals surface area contributed by atoms with Gasteiger partial charge in [-0.25, -0.2) is 0 Å². The molecular weight excluding hydrogens is 212 g/mol. The summed E-state index contributed by atoms with van der Waals surface area (Å²) in [5.41, 5.74) is 0.337. The van der Waals surface area contributed by atoms with Crippen LogP contribution in [0.2, 0.25) is 0 Å². The van der Waals surface area contributed by atoms with Gasteiger partial charge in [-0.3, -0.25) is 0 Å². The third-order valence-corrected chi connectivity index (χ3v) is 4.56. The average molecular weight is 240 g/mol. The lowest BCUT2D eigenvalue weighted by Crippen LogP contribution is -2.42. The lowest BCUT2D eigenvalue weighted by atomic mass is 9.74. The van der Waals surface area contributed by atoms with Gasteiger partial charge >= 0.3 is 0 Å². The van der Waals surface area contributed by atoms with Crippen LogP contribution in [0.3, 0.4) is 0 Å². The van der Waals surface area contributed by atoms with E-state index in [2.05, 4.69) is 20.8 Å². The first-order chi connectivity index (χ1) is 7.96. The van der Waals surface area contributed by atoms with Crippen LogP contribution in [0.15, 0.2) is 0 Å². The number of aliphatic hydroxyl groups excluding tert-OH is 1. The lowest BCUT2D eigenvalue weighted by molar-refractivity contribution is -0.126. The largest absolute Gasteiger partial charge is 0.390 e. The fraction of sp³-hybridized carbons (Fsp3) is 1.00. The first-order valence-electron chi connectivity index (χ1n) is 7.30. The molecule has 0 aromatic rings. The average Bonchev–Trinajstić information content (AvgIpc) is 2.23. The molecule has 0 aromatic heterocycles. The van der Waals surface area contributed by atoms with E-state index < -0.39 is 0 Å². The quantitative estimate of drug-likeness (QED) is 0.800. The van der Waals surface area contributed by atoms with E-state index in [4.69, 9.17) is 4.74 Å². The fourth-order valence-electron chi connectivity index (χ4n) is 3.40. The molecule has 2 heteroatoms. The summed E-state index contributed by atoms with van der Waals surface area (Å²) in [6.45, 7) is 6.90. The molecule has 2 aliphatic carbocycles. The van der Waals surface area contributed by atoms with E-state index >= 15 is 0 Å². The van der Waals surface area contributed by atoms with Gasteiger partial charge in [-0.05, 0) is 43.4 Å². The summed E-state index contributed by atoms with van der Waals surface area (Å²) in [5.74, 6) is 0.794. The second-order valence-corrected chi connectivity index (χ2v) is 7.04. The maximum Gasteiger partial charge on any atom is 0.0842 e. The lowest BCUT2D eigenvalue weighted by Gasteiger charge is -2.41. The Morgan fingerprint density at radius 2 is 1.94 bits per heavy atom. The predicted octanol–water partition coefficient (Wildman–Crippen LogP) is 3.52. The van der Waals surface area contributed by atoms with Crippen molar-refractivity contribution in [2.24, 2.45) is 11.3 Å². The molecule has 0 heterocycles. The first-order valence-corrected chi connectivity index (χ1v) is 7.30. The highest BCUT2D eigenvalue weighted by Gasteiger charge is 2.36. The maximum absolute atomic E-state index is 10.1. The van der Waals surface area contributed by atoms with Gasteiger partial charge in [0.25, 0.3) is 0 Å². The highest BCUT2D eigenvalue weighted by Crippen LogP contribution is 2.38. The second kappa shape index (κ2) is 5.27. The smallest absolute Gasteiger partial charge is 0.0842 e. The molecule has 0 saturated heterocycles. The molecular formula is C15H28O2. The van der Waals surface area contributed by atoms with Gasteiger partial charge in [-0.2, -0.15) is 0 Å². The zero-order chi connectivity index (χ0) is 12.5. The van der Waals surface area contributed by atoms with Gasteiger partial charge in [0, 0.05) is 0 Å². The summed E-state index contributed by atoms with van der Waals surface area (Å²) in [4.78, 5) is 0. The van der Waals surface area contributed by atoms with Crippen LogP contribution in [0.1, 0.15) is 65.7 Å². The minimum atomic E-state index is -0.236. The van der Waals surface area contributed by atoms with Crippen LogP contribution >= 0.6 is 0 Å². The molecule has 17 heavy (non-hydrogen) atoms. The van der Waals surface area contributed by atoms with Crippen LogP contribution in [0.4, 0.5) is 0 Å². The van der Waals surface area contributed by atoms with Gasteiger partial charge < -0.3 is 9.84 Å². The number of ether oxygens (including phenoxy) is 1. The van der Waals surface area contributed by atoms with Crippen molar-refractivity contribution in [3.8, 4) is 0 Å². The van der Waals surface area contributed by atoms with E-state index in [9.17, 15) is 5.11 Å². The topological polar surface area (TPSA) is 29.5 Å². The summed E-state index contributed by atoms with van der Waals surface area (Å²) in [7, 11) is 0. The third kappa shape index (κ3) is 3.69. The Morgan fingerprint density at radius 3 is 2.65 bits per heavy atom. The van der Waals surface area contributed by atoms with Crippen LogP contribution in [0.25, 0.3) is 0 Å². The molecule has 0 bridgehead atoms. The van der Waals surface area contributed by atoms with Gasteiger partial charge in [0.05, 0.1) is 18.3 Å². The van der Waals surface area contributed by atoms with Crippen molar-refractivity contribution in [3.63, 3.8) is 0 Å². The molecule has 2 aliphatic rings. The number of rotatable bonds is 2. The Morgan fingerprint density at radius 1 is 1.18 bits per heavy atom. The number of aliphatic hydroxyl groups is 1. The molecule has 100 valence electrons. The van der Waals surface area contributed by atoms with Crippen molar-refractivity contribution in [2.45, 2.75) is 84.0 Å². The van der Waals surface area contributed by atoms with Crippen LogP contribution in [-0.4, -0.2) is 23.4 Å². The molecule has 1 N–H and O–H groups in total.